The van der Waals surface area contributed by atoms with E-state index in [4.69, 9.17) is 0 Å². The SMILES string of the molecule is Cn1cc(-c2ccc3c(=O)n(CC4(O)CCN(C(=O)[C@@H]5CCN(Cc6ccnc(C#N)c6)C[C@H]5c5ccccc5)CC4)cnn23)cn1. The highest BCUT2D eigenvalue weighted by Gasteiger charge is 2.41. The summed E-state index contributed by atoms with van der Waals surface area (Å²) in [5.74, 6) is -0.0392. The second kappa shape index (κ2) is 12.6. The molecule has 7 rings (SSSR count). The molecule has 240 valence electrons. The van der Waals surface area contributed by atoms with Gasteiger partial charge in [0.05, 0.1) is 24.0 Å². The Morgan fingerprint density at radius 1 is 1.09 bits per heavy atom. The van der Waals surface area contributed by atoms with Crippen LogP contribution >= 0.6 is 0 Å². The van der Waals surface area contributed by atoms with E-state index < -0.39 is 5.60 Å². The monoisotopic (exact) mass is 631 g/mol. The number of nitrogens with zero attached hydrogens (tertiary/aromatic N) is 9. The fraction of sp³-hybridized carbons (Fsp3) is 0.371. The molecule has 0 radical (unpaired) electrons. The van der Waals surface area contributed by atoms with Crippen LogP contribution in [0.5, 0.6) is 0 Å². The number of benzene rings is 1. The summed E-state index contributed by atoms with van der Waals surface area (Å²) in [5, 5.41) is 29.6. The van der Waals surface area contributed by atoms with Crippen molar-refractivity contribution in [3.8, 4) is 17.3 Å². The smallest absolute Gasteiger partial charge is 0.277 e. The molecule has 0 aliphatic carbocycles. The Labute approximate surface area is 272 Å². The van der Waals surface area contributed by atoms with E-state index in [0.29, 0.717) is 43.7 Å². The van der Waals surface area contributed by atoms with Crippen LogP contribution in [0.3, 0.4) is 0 Å². The Morgan fingerprint density at radius 3 is 2.64 bits per heavy atom. The third-order valence-electron chi connectivity index (χ3n) is 9.70. The van der Waals surface area contributed by atoms with Crippen molar-refractivity contribution in [3.63, 3.8) is 0 Å². The number of pyridine rings is 1. The van der Waals surface area contributed by atoms with E-state index in [1.165, 1.54) is 10.9 Å². The van der Waals surface area contributed by atoms with E-state index in [1.54, 1.807) is 27.7 Å². The van der Waals surface area contributed by atoms with Gasteiger partial charge in [-0.25, -0.2) is 9.50 Å². The zero-order valence-electron chi connectivity index (χ0n) is 26.3. The van der Waals surface area contributed by atoms with Gasteiger partial charge in [0.1, 0.15) is 23.6 Å². The maximum absolute atomic E-state index is 14.1. The van der Waals surface area contributed by atoms with Gasteiger partial charge in [0.2, 0.25) is 5.91 Å². The van der Waals surface area contributed by atoms with Crippen molar-refractivity contribution in [2.24, 2.45) is 13.0 Å². The van der Waals surface area contributed by atoms with Crippen LogP contribution in [0.1, 0.15) is 42.0 Å². The fourth-order valence-electron chi connectivity index (χ4n) is 7.16. The first-order valence-electron chi connectivity index (χ1n) is 16.0. The van der Waals surface area contributed by atoms with Gasteiger partial charge in [0.25, 0.3) is 5.56 Å². The van der Waals surface area contributed by atoms with Gasteiger partial charge in [0.15, 0.2) is 0 Å². The summed E-state index contributed by atoms with van der Waals surface area (Å²) in [6.45, 7) is 3.13. The average molecular weight is 632 g/mol. The van der Waals surface area contributed by atoms with E-state index >= 15 is 0 Å². The maximum atomic E-state index is 14.1. The van der Waals surface area contributed by atoms with E-state index in [1.807, 2.05) is 54.5 Å². The molecule has 0 spiro atoms. The molecule has 0 unspecified atom stereocenters. The number of hydrogen-bond donors (Lipinski definition) is 1. The number of rotatable bonds is 7. The summed E-state index contributed by atoms with van der Waals surface area (Å²) >= 11 is 0. The lowest BCUT2D eigenvalue weighted by atomic mass is 9.79. The Bertz CT molecular complexity index is 2000. The Kier molecular flexibility index (Phi) is 8.17. The molecule has 6 heterocycles. The van der Waals surface area contributed by atoms with Crippen LogP contribution in [0, 0.1) is 17.2 Å². The standard InChI is InChI=1S/C35H37N9O3/c1-40-21-27(19-38-40)31-7-8-32-34(46)43(24-39-44(31)32)23-35(47)11-15-42(16-12-35)33(45)29-10-14-41(20-25-9-13-37-28(17-25)18-36)22-30(29)26-5-3-2-4-6-26/h2-9,13,17,19,21,24,29-30,47H,10-12,14-16,20,22-23H2,1H3/t29-,30+/m1/s1. The number of hydrogen-bond acceptors (Lipinski definition) is 8. The maximum Gasteiger partial charge on any atom is 0.277 e. The van der Waals surface area contributed by atoms with Crippen molar-refractivity contribution in [2.75, 3.05) is 26.2 Å². The molecule has 4 aromatic heterocycles. The lowest BCUT2D eigenvalue weighted by Crippen LogP contribution is -2.53. The van der Waals surface area contributed by atoms with Gasteiger partial charge in [0, 0.05) is 63.0 Å². The third-order valence-corrected chi connectivity index (χ3v) is 9.70. The number of carbonyl (C=O) groups excluding carboxylic acids is 1. The number of fused-ring (bicyclic) bond motifs is 1. The van der Waals surface area contributed by atoms with Crippen LogP contribution in [-0.4, -0.2) is 81.5 Å². The number of aromatic nitrogens is 6. The van der Waals surface area contributed by atoms with E-state index in [-0.39, 0.29) is 29.8 Å². The van der Waals surface area contributed by atoms with Gasteiger partial charge in [-0.2, -0.15) is 15.5 Å². The number of amides is 1. The van der Waals surface area contributed by atoms with Crippen molar-refractivity contribution in [2.45, 2.75) is 43.9 Å². The van der Waals surface area contributed by atoms with Crippen molar-refractivity contribution >= 4 is 11.4 Å². The Balaban J connectivity index is 1.03. The molecule has 2 aliphatic rings. The predicted octanol–water partition coefficient (Wildman–Crippen LogP) is 2.82. The topological polar surface area (TPSA) is 138 Å². The highest BCUT2D eigenvalue weighted by Crippen LogP contribution is 2.36. The predicted molar refractivity (Wildman–Crippen MR) is 174 cm³/mol. The first kappa shape index (κ1) is 30.5. The van der Waals surface area contributed by atoms with Gasteiger partial charge in [-0.3, -0.25) is 23.7 Å². The van der Waals surface area contributed by atoms with Crippen LogP contribution in [0.15, 0.2) is 84.3 Å². The number of aryl methyl sites for hydroxylation is 1. The van der Waals surface area contributed by atoms with Gasteiger partial charge in [-0.1, -0.05) is 30.3 Å². The van der Waals surface area contributed by atoms with Crippen LogP contribution in [0.2, 0.25) is 0 Å². The molecule has 12 nitrogen and oxygen atoms in total. The molecule has 0 bridgehead atoms. The molecular formula is C35H37N9O3. The van der Waals surface area contributed by atoms with Crippen molar-refractivity contribution < 1.29 is 9.90 Å². The fourth-order valence-corrected chi connectivity index (χ4v) is 7.16. The molecule has 2 saturated heterocycles. The van der Waals surface area contributed by atoms with E-state index in [2.05, 4.69) is 38.3 Å². The van der Waals surface area contributed by atoms with Gasteiger partial charge in [-0.15, -0.1) is 0 Å². The molecule has 1 N–H and O–H groups in total. The summed E-state index contributed by atoms with van der Waals surface area (Å²) < 4.78 is 4.78. The number of piperidine rings is 2. The summed E-state index contributed by atoms with van der Waals surface area (Å²) in [6, 6.07) is 19.7. The highest BCUT2D eigenvalue weighted by molar-refractivity contribution is 5.80. The zero-order valence-corrected chi connectivity index (χ0v) is 26.3. The normalized spacial score (nSPS) is 19.9. The quantitative estimate of drug-likeness (QED) is 0.290. The summed E-state index contributed by atoms with van der Waals surface area (Å²) in [4.78, 5) is 35.8. The molecule has 2 fully saturated rings. The Hall–Kier alpha value is -5.12. The van der Waals surface area contributed by atoms with Crippen LogP contribution in [0.25, 0.3) is 16.8 Å². The van der Waals surface area contributed by atoms with Crippen molar-refractivity contribution in [1.29, 1.82) is 5.26 Å². The van der Waals surface area contributed by atoms with Crippen molar-refractivity contribution in [1.82, 2.24) is 38.7 Å². The summed E-state index contributed by atoms with van der Waals surface area (Å²) in [7, 11) is 1.84. The van der Waals surface area contributed by atoms with E-state index in [0.717, 1.165) is 41.9 Å². The van der Waals surface area contributed by atoms with Crippen LogP contribution < -0.4 is 5.56 Å². The molecule has 2 aliphatic heterocycles. The third kappa shape index (κ3) is 6.19. The molecule has 1 aromatic carbocycles. The second-order valence-corrected chi connectivity index (χ2v) is 12.8. The summed E-state index contributed by atoms with van der Waals surface area (Å²) in [5.41, 5.74) is 3.26. The van der Waals surface area contributed by atoms with Gasteiger partial charge < -0.3 is 10.0 Å². The minimum Gasteiger partial charge on any atom is -0.388 e. The lowest BCUT2D eigenvalue weighted by molar-refractivity contribution is -0.142. The molecule has 47 heavy (non-hydrogen) atoms. The summed E-state index contributed by atoms with van der Waals surface area (Å²) in [6.07, 6.45) is 8.21. The molecule has 1 amide bonds. The van der Waals surface area contributed by atoms with Crippen molar-refractivity contribution in [3.05, 3.63) is 107 Å². The minimum absolute atomic E-state index is 0.0190. The molecular weight excluding hydrogens is 594 g/mol. The number of aliphatic hydroxyl groups is 1. The molecule has 12 heteroatoms. The first-order valence-corrected chi connectivity index (χ1v) is 16.0. The molecule has 0 saturated carbocycles. The van der Waals surface area contributed by atoms with Gasteiger partial charge >= 0.3 is 0 Å². The van der Waals surface area contributed by atoms with Crippen LogP contribution in [0.4, 0.5) is 0 Å². The van der Waals surface area contributed by atoms with Crippen LogP contribution in [-0.2, 0) is 24.9 Å². The minimum atomic E-state index is -1.13. The second-order valence-electron chi connectivity index (χ2n) is 12.8. The lowest BCUT2D eigenvalue weighted by Gasteiger charge is -2.43. The Morgan fingerprint density at radius 2 is 1.89 bits per heavy atom. The number of nitriles is 1. The highest BCUT2D eigenvalue weighted by atomic mass is 16.3. The first-order chi connectivity index (χ1) is 22.8. The number of carbonyl (C=O) groups is 1. The number of likely N-dealkylation sites (tertiary alicyclic amines) is 2. The molecule has 5 aromatic rings. The van der Waals surface area contributed by atoms with E-state index in [9.17, 15) is 20.0 Å². The largest absolute Gasteiger partial charge is 0.388 e. The van der Waals surface area contributed by atoms with Gasteiger partial charge in [-0.05, 0) is 61.2 Å². The zero-order chi connectivity index (χ0) is 32.5. The molecule has 2 atom stereocenters. The average Bonchev–Trinajstić information content (AvgIpc) is 3.73.